The predicted octanol–water partition coefficient (Wildman–Crippen LogP) is -3.37. The molecule has 0 rings (SSSR count). The van der Waals surface area contributed by atoms with Crippen LogP contribution >= 0.6 is 0 Å². The molecule has 0 unspecified atom stereocenters. The molecule has 7 heteroatoms. The third-order valence-corrected chi connectivity index (χ3v) is 0. The zero-order chi connectivity index (χ0) is 4.50. The molecule has 0 amide bonds. The molecule has 0 aliphatic heterocycles. The summed E-state index contributed by atoms with van der Waals surface area (Å²) in [5.41, 5.74) is 0. The minimum atomic E-state index is -4.61. The Morgan fingerprint density at radius 1 is 0.857 bits per heavy atom. The average Bonchev–Trinajstić information content (AvgIpc) is 0.722. The smallest absolute Gasteiger partial charge is 0.368 e. The van der Waals surface area contributed by atoms with Crippen molar-refractivity contribution in [1.29, 1.82) is 0 Å². The Labute approximate surface area is 87.8 Å². The van der Waals surface area contributed by atoms with E-state index >= 15 is 0 Å². The fourth-order valence-electron chi connectivity index (χ4n) is 0. The van der Waals surface area contributed by atoms with Crippen molar-refractivity contribution in [3.8, 4) is 0 Å². The van der Waals surface area contributed by atoms with Crippen LogP contribution in [0.5, 0.6) is 0 Å². The van der Waals surface area contributed by atoms with Crippen LogP contribution in [0.2, 0.25) is 0 Å². The van der Waals surface area contributed by atoms with Gasteiger partial charge in [0.2, 0.25) is 0 Å². The van der Waals surface area contributed by atoms with Crippen LogP contribution in [0, 0.1) is 0 Å². The van der Waals surface area contributed by atoms with Gasteiger partial charge in [-0.2, -0.15) is 0 Å². The number of hydrogen-bond acceptors (Lipinski definition) is 4. The van der Waals surface area contributed by atoms with E-state index in [1.54, 1.807) is 0 Å². The van der Waals surface area contributed by atoms with E-state index in [-0.39, 0.29) is 60.8 Å². The zero-order valence-electron chi connectivity index (χ0n) is 3.70. The van der Waals surface area contributed by atoms with Crippen molar-refractivity contribution >= 4 is 69.8 Å². The van der Waals surface area contributed by atoms with Crippen molar-refractivity contribution in [2.24, 2.45) is 0 Å². The fourth-order valence-corrected chi connectivity index (χ4v) is 0. The van der Waals surface area contributed by atoms with Crippen molar-refractivity contribution < 1.29 is 19.2 Å². The molecule has 0 aromatic rings. The maximum atomic E-state index is 7.33. The van der Waals surface area contributed by atoms with Gasteiger partial charge in [0.05, 0.1) is 0 Å². The largest absolute Gasteiger partial charge is 0.668 e. The Morgan fingerprint density at radius 3 is 0.857 bits per heavy atom. The second-order valence-corrected chi connectivity index (χ2v) is 1.80. The Morgan fingerprint density at radius 2 is 0.857 bits per heavy atom. The topological polar surface area (TPSA) is 80.9 Å². The van der Waals surface area contributed by atoms with Gasteiger partial charge in [0.1, 0.15) is 0 Å². The standard InChI is InChI=1S/Ca.Mg.H4O4Si/c;;1-5(2,3)4/h;;1-4H. The van der Waals surface area contributed by atoms with Crippen LogP contribution in [0.4, 0.5) is 0 Å². The zero-order valence-corrected chi connectivity index (χ0v) is 8.33. The summed E-state index contributed by atoms with van der Waals surface area (Å²) in [5, 5.41) is 0. The van der Waals surface area contributed by atoms with E-state index in [9.17, 15) is 0 Å². The molecule has 0 saturated heterocycles. The van der Waals surface area contributed by atoms with Crippen LogP contribution < -0.4 is 0 Å². The van der Waals surface area contributed by atoms with Gasteiger partial charge in [0.15, 0.2) is 0 Å². The van der Waals surface area contributed by atoms with E-state index in [1.165, 1.54) is 0 Å². The summed E-state index contributed by atoms with van der Waals surface area (Å²) < 4.78 is 0. The molecule has 4 radical (unpaired) electrons. The third kappa shape index (κ3) is 68.9. The van der Waals surface area contributed by atoms with Gasteiger partial charge in [-0.25, -0.2) is 0 Å². The first-order valence-electron chi connectivity index (χ1n) is 0.894. The van der Waals surface area contributed by atoms with Crippen LogP contribution in [0.1, 0.15) is 0 Å². The average molecular weight is 160 g/mol. The summed E-state index contributed by atoms with van der Waals surface area (Å²) >= 11 is 0. The molecule has 0 aliphatic carbocycles. The molecule has 0 atom stereocenters. The van der Waals surface area contributed by atoms with Gasteiger partial charge in [-0.3, -0.25) is 0 Å². The van der Waals surface area contributed by atoms with E-state index in [1.807, 2.05) is 0 Å². The predicted molar refractivity (Wildman–Crippen MR) is 26.1 cm³/mol. The Kier molecular flexibility index (Phi) is 14.2. The van der Waals surface area contributed by atoms with Gasteiger partial charge in [-0.15, -0.1) is 0 Å². The summed E-state index contributed by atoms with van der Waals surface area (Å²) in [7, 11) is -4.61. The molecule has 0 heterocycles. The Bertz CT molecular complexity index is 27.2. The molecule has 0 aromatic carbocycles. The van der Waals surface area contributed by atoms with Crippen molar-refractivity contribution in [1.82, 2.24) is 0 Å². The van der Waals surface area contributed by atoms with Crippen LogP contribution in [0.3, 0.4) is 0 Å². The van der Waals surface area contributed by atoms with Crippen LogP contribution in [0.15, 0.2) is 0 Å². The van der Waals surface area contributed by atoms with Crippen LogP contribution in [0.25, 0.3) is 0 Å². The summed E-state index contributed by atoms with van der Waals surface area (Å²) in [6.45, 7) is 0. The molecule has 0 aliphatic rings. The molecule has 0 fully saturated rings. The van der Waals surface area contributed by atoms with Gasteiger partial charge in [0.25, 0.3) is 0 Å². The maximum absolute atomic E-state index is 7.33. The molecular weight excluding hydrogens is 156 g/mol. The Hall–Kier alpha value is 2.08. The van der Waals surface area contributed by atoms with E-state index in [0.717, 1.165) is 0 Å². The molecule has 0 saturated carbocycles. The van der Waals surface area contributed by atoms with E-state index < -0.39 is 9.05 Å². The normalized spacial score (nSPS) is 8.57. The SMILES string of the molecule is O[Si](O)(O)O.[Ca].[Mg]. The van der Waals surface area contributed by atoms with Crippen molar-refractivity contribution in [3.05, 3.63) is 0 Å². The fraction of sp³-hybridized carbons (Fsp3) is 0. The quantitative estimate of drug-likeness (QED) is 0.279. The van der Waals surface area contributed by atoms with Crippen molar-refractivity contribution in [2.45, 2.75) is 0 Å². The van der Waals surface area contributed by atoms with Crippen molar-refractivity contribution in [2.75, 3.05) is 0 Å². The number of rotatable bonds is 0. The van der Waals surface area contributed by atoms with E-state index in [2.05, 4.69) is 0 Å². The molecule has 0 spiro atoms. The van der Waals surface area contributed by atoms with Crippen molar-refractivity contribution in [3.63, 3.8) is 0 Å². The van der Waals surface area contributed by atoms with Gasteiger partial charge in [-0.1, -0.05) is 0 Å². The Balaban J connectivity index is -0.0000000800. The van der Waals surface area contributed by atoms with Gasteiger partial charge >= 0.3 is 9.05 Å². The maximum Gasteiger partial charge on any atom is 0.668 e. The third-order valence-electron chi connectivity index (χ3n) is 0. The monoisotopic (exact) mass is 160 g/mol. The molecule has 0 aromatic heterocycles. The summed E-state index contributed by atoms with van der Waals surface area (Å²) in [4.78, 5) is 29.3. The molecule has 36 valence electrons. The molecular formula is H4CaMgO4Si. The first kappa shape index (κ1) is 16.0. The van der Waals surface area contributed by atoms with Gasteiger partial charge < -0.3 is 19.2 Å². The summed E-state index contributed by atoms with van der Waals surface area (Å²) in [5.74, 6) is 0. The van der Waals surface area contributed by atoms with Crippen LogP contribution in [-0.2, 0) is 0 Å². The molecule has 4 N–H and O–H groups in total. The van der Waals surface area contributed by atoms with E-state index in [0.29, 0.717) is 0 Å². The van der Waals surface area contributed by atoms with Crippen LogP contribution in [-0.4, -0.2) is 89.0 Å². The van der Waals surface area contributed by atoms with Gasteiger partial charge in [-0.05, 0) is 0 Å². The summed E-state index contributed by atoms with van der Waals surface area (Å²) in [6.07, 6.45) is 0. The van der Waals surface area contributed by atoms with Gasteiger partial charge in [0, 0.05) is 60.8 Å². The molecule has 4 nitrogen and oxygen atoms in total. The second kappa shape index (κ2) is 6.21. The first-order chi connectivity index (χ1) is 2.00. The molecule has 7 heavy (non-hydrogen) atoms. The minimum absolute atomic E-state index is 0. The first-order valence-corrected chi connectivity index (χ1v) is 2.68. The minimum Gasteiger partial charge on any atom is -0.368 e. The molecule has 0 bridgehead atoms. The number of hydrogen-bond donors (Lipinski definition) is 4. The van der Waals surface area contributed by atoms with E-state index in [4.69, 9.17) is 19.2 Å². The summed E-state index contributed by atoms with van der Waals surface area (Å²) in [6, 6.07) is 0. The second-order valence-electron chi connectivity index (χ2n) is 0.600.